The second-order valence-corrected chi connectivity index (χ2v) is 7.79. The van der Waals surface area contributed by atoms with Crippen LogP contribution in [0.15, 0.2) is 54.8 Å². The van der Waals surface area contributed by atoms with Crippen molar-refractivity contribution in [2.45, 2.75) is 24.6 Å². The summed E-state index contributed by atoms with van der Waals surface area (Å²) in [7, 11) is -3.53. The van der Waals surface area contributed by atoms with Crippen molar-refractivity contribution in [2.24, 2.45) is 5.73 Å². The first-order valence-electron chi connectivity index (χ1n) is 6.87. The van der Waals surface area contributed by atoms with E-state index in [4.69, 9.17) is 5.73 Å². The Morgan fingerprint density at radius 1 is 1.29 bits per heavy atom. The molecule has 4 nitrogen and oxygen atoms in total. The molecular formula is C16H18N2O2S. The Kier molecular flexibility index (Phi) is 3.26. The van der Waals surface area contributed by atoms with Gasteiger partial charge in [0.05, 0.1) is 5.52 Å². The Balaban J connectivity index is 2.19. The summed E-state index contributed by atoms with van der Waals surface area (Å²) in [5.41, 5.74) is 7.26. The van der Waals surface area contributed by atoms with E-state index in [1.165, 1.54) is 3.97 Å². The molecular weight excluding hydrogens is 284 g/mol. The molecule has 21 heavy (non-hydrogen) atoms. The molecule has 1 unspecified atom stereocenters. The lowest BCUT2D eigenvalue weighted by atomic mass is 10.0. The predicted molar refractivity (Wildman–Crippen MR) is 85.4 cm³/mol. The van der Waals surface area contributed by atoms with E-state index in [1.807, 2.05) is 36.4 Å². The molecule has 5 heteroatoms. The van der Waals surface area contributed by atoms with Gasteiger partial charge in [-0.25, -0.2) is 12.4 Å². The summed E-state index contributed by atoms with van der Waals surface area (Å²) >= 11 is 0. The van der Waals surface area contributed by atoms with E-state index < -0.39 is 14.8 Å². The quantitative estimate of drug-likeness (QED) is 0.947. The van der Waals surface area contributed by atoms with Gasteiger partial charge in [0, 0.05) is 18.1 Å². The smallest absolute Gasteiger partial charge is 0.248 e. The van der Waals surface area contributed by atoms with Crippen LogP contribution in [0.1, 0.15) is 18.9 Å². The lowest BCUT2D eigenvalue weighted by molar-refractivity contribution is 0.555. The number of aromatic nitrogens is 1. The number of hydrogen-bond acceptors (Lipinski definition) is 3. The Morgan fingerprint density at radius 2 is 2.10 bits per heavy atom. The van der Waals surface area contributed by atoms with Crippen molar-refractivity contribution in [3.63, 3.8) is 0 Å². The molecule has 0 spiro atoms. The van der Waals surface area contributed by atoms with E-state index in [9.17, 15) is 8.42 Å². The van der Waals surface area contributed by atoms with Gasteiger partial charge in [0.2, 0.25) is 10.0 Å². The molecule has 1 heterocycles. The van der Waals surface area contributed by atoms with Crippen molar-refractivity contribution < 1.29 is 8.42 Å². The molecule has 110 valence electrons. The second-order valence-electron chi connectivity index (χ2n) is 5.52. The molecule has 1 atom stereocenters. The van der Waals surface area contributed by atoms with Crippen LogP contribution in [-0.4, -0.2) is 17.1 Å². The van der Waals surface area contributed by atoms with Crippen molar-refractivity contribution in [3.8, 4) is 0 Å². The SMILES string of the molecule is CC1(S(=O)(=O)n2ccc3ccc(CN)cc32)C=CC=CC1. The van der Waals surface area contributed by atoms with Gasteiger partial charge in [0.15, 0.2) is 0 Å². The minimum absolute atomic E-state index is 0.390. The number of nitrogens with zero attached hydrogens (tertiary/aromatic N) is 1. The molecule has 1 aliphatic carbocycles. The molecule has 1 aromatic carbocycles. The minimum atomic E-state index is -3.53. The van der Waals surface area contributed by atoms with E-state index in [2.05, 4.69) is 0 Å². The Bertz CT molecular complexity index is 846. The highest BCUT2D eigenvalue weighted by Crippen LogP contribution is 2.31. The molecule has 1 aromatic heterocycles. The van der Waals surface area contributed by atoms with Gasteiger partial charge in [-0.15, -0.1) is 0 Å². The monoisotopic (exact) mass is 302 g/mol. The third-order valence-electron chi connectivity index (χ3n) is 4.02. The summed E-state index contributed by atoms with van der Waals surface area (Å²) in [4.78, 5) is 0. The first-order valence-corrected chi connectivity index (χ1v) is 8.31. The molecule has 0 saturated heterocycles. The molecule has 0 bridgehead atoms. The zero-order chi connectivity index (χ0) is 15.1. The van der Waals surface area contributed by atoms with Crippen molar-refractivity contribution >= 4 is 20.9 Å². The Hall–Kier alpha value is -1.85. The van der Waals surface area contributed by atoms with Crippen LogP contribution in [0.25, 0.3) is 10.9 Å². The van der Waals surface area contributed by atoms with Crippen molar-refractivity contribution in [3.05, 3.63) is 60.3 Å². The van der Waals surface area contributed by atoms with Crippen LogP contribution in [0.2, 0.25) is 0 Å². The standard InChI is InChI=1S/C16H18N2O2S/c1-16(8-3-2-4-9-16)21(19,20)18-10-7-14-6-5-13(12-17)11-15(14)18/h2-8,10-11H,9,12,17H2,1H3. The molecule has 3 rings (SSSR count). The highest BCUT2D eigenvalue weighted by molar-refractivity contribution is 7.91. The molecule has 2 N–H and O–H groups in total. The number of allylic oxidation sites excluding steroid dienone is 3. The first kappa shape index (κ1) is 14.1. The van der Waals surface area contributed by atoms with Crippen LogP contribution >= 0.6 is 0 Å². The van der Waals surface area contributed by atoms with Crippen molar-refractivity contribution in [1.82, 2.24) is 3.97 Å². The summed E-state index contributed by atoms with van der Waals surface area (Å²) in [6.45, 7) is 2.14. The molecule has 0 radical (unpaired) electrons. The van der Waals surface area contributed by atoms with Gasteiger partial charge in [0.25, 0.3) is 0 Å². The maximum absolute atomic E-state index is 13.0. The van der Waals surface area contributed by atoms with Crippen LogP contribution in [0.4, 0.5) is 0 Å². The number of nitrogens with two attached hydrogens (primary N) is 1. The fraction of sp³-hybridized carbons (Fsp3) is 0.250. The summed E-state index contributed by atoms with van der Waals surface area (Å²) < 4.78 is 26.5. The van der Waals surface area contributed by atoms with E-state index >= 15 is 0 Å². The molecule has 0 saturated carbocycles. The zero-order valence-corrected chi connectivity index (χ0v) is 12.7. The van der Waals surface area contributed by atoms with Gasteiger partial charge in [0.1, 0.15) is 4.75 Å². The first-order chi connectivity index (χ1) is 9.98. The summed E-state index contributed by atoms with van der Waals surface area (Å²) in [5, 5.41) is 0.898. The van der Waals surface area contributed by atoms with Gasteiger partial charge in [-0.2, -0.15) is 0 Å². The van der Waals surface area contributed by atoms with E-state index in [0.29, 0.717) is 18.5 Å². The van der Waals surface area contributed by atoms with Gasteiger partial charge < -0.3 is 5.73 Å². The topological polar surface area (TPSA) is 65.1 Å². The number of rotatable bonds is 3. The number of benzene rings is 1. The summed E-state index contributed by atoms with van der Waals surface area (Å²) in [6.07, 6.45) is 9.39. The van der Waals surface area contributed by atoms with Crippen LogP contribution < -0.4 is 5.73 Å². The maximum Gasteiger partial charge on any atom is 0.248 e. The summed E-state index contributed by atoms with van der Waals surface area (Å²) in [5.74, 6) is 0. The van der Waals surface area contributed by atoms with Crippen LogP contribution in [0.5, 0.6) is 0 Å². The maximum atomic E-state index is 13.0. The molecule has 0 fully saturated rings. The van der Waals surface area contributed by atoms with E-state index in [-0.39, 0.29) is 0 Å². The molecule has 0 amide bonds. The average Bonchev–Trinajstić information content (AvgIpc) is 2.91. The minimum Gasteiger partial charge on any atom is -0.326 e. The lowest BCUT2D eigenvalue weighted by Crippen LogP contribution is -2.37. The number of fused-ring (bicyclic) bond motifs is 1. The third kappa shape index (κ3) is 2.13. The van der Waals surface area contributed by atoms with E-state index in [0.717, 1.165) is 10.9 Å². The van der Waals surface area contributed by atoms with Gasteiger partial charge in [-0.3, -0.25) is 0 Å². The highest BCUT2D eigenvalue weighted by atomic mass is 32.2. The Morgan fingerprint density at radius 3 is 2.76 bits per heavy atom. The molecule has 0 aliphatic heterocycles. The van der Waals surface area contributed by atoms with Gasteiger partial charge in [-0.1, -0.05) is 36.4 Å². The fourth-order valence-corrected chi connectivity index (χ4v) is 4.25. The third-order valence-corrected chi connectivity index (χ3v) is 6.34. The lowest BCUT2D eigenvalue weighted by Gasteiger charge is -2.27. The number of hydrogen-bond donors (Lipinski definition) is 1. The predicted octanol–water partition coefficient (Wildman–Crippen LogP) is 2.55. The average molecular weight is 302 g/mol. The van der Waals surface area contributed by atoms with Crippen LogP contribution in [-0.2, 0) is 16.6 Å². The molecule has 2 aromatic rings. The van der Waals surface area contributed by atoms with E-state index in [1.54, 1.807) is 25.3 Å². The van der Waals surface area contributed by atoms with Gasteiger partial charge >= 0.3 is 0 Å². The second kappa shape index (κ2) is 4.86. The normalized spacial score (nSPS) is 22.0. The largest absolute Gasteiger partial charge is 0.326 e. The van der Waals surface area contributed by atoms with Crippen LogP contribution in [0, 0.1) is 0 Å². The highest BCUT2D eigenvalue weighted by Gasteiger charge is 2.38. The van der Waals surface area contributed by atoms with Crippen molar-refractivity contribution in [2.75, 3.05) is 0 Å². The van der Waals surface area contributed by atoms with Crippen LogP contribution in [0.3, 0.4) is 0 Å². The van der Waals surface area contributed by atoms with Crippen molar-refractivity contribution in [1.29, 1.82) is 0 Å². The molecule has 1 aliphatic rings. The Labute approximate surface area is 124 Å². The van der Waals surface area contributed by atoms with Gasteiger partial charge in [-0.05, 0) is 31.0 Å². The summed E-state index contributed by atoms with van der Waals surface area (Å²) in [6, 6.07) is 7.49. The zero-order valence-electron chi connectivity index (χ0n) is 11.9. The fourth-order valence-electron chi connectivity index (χ4n) is 2.61.